The van der Waals surface area contributed by atoms with E-state index in [9.17, 15) is 0 Å². The van der Waals surface area contributed by atoms with E-state index in [1.54, 1.807) is 0 Å². The third-order valence-electron chi connectivity index (χ3n) is 4.66. The first kappa shape index (κ1) is 22.9. The van der Waals surface area contributed by atoms with Crippen LogP contribution in [-0.4, -0.2) is 19.8 Å². The van der Waals surface area contributed by atoms with Crippen LogP contribution in [0, 0.1) is 0 Å². The van der Waals surface area contributed by atoms with E-state index in [1.807, 2.05) is 0 Å². The van der Waals surface area contributed by atoms with Gasteiger partial charge in [0.1, 0.15) is 0 Å². The maximum atomic E-state index is 6.72. The number of allylic oxidation sites excluding steroid dienone is 2. The molecule has 0 bridgehead atoms. The van der Waals surface area contributed by atoms with E-state index in [1.165, 1.54) is 41.3 Å². The summed E-state index contributed by atoms with van der Waals surface area (Å²) in [6, 6.07) is 3.58. The van der Waals surface area contributed by atoms with Crippen molar-refractivity contribution in [3.05, 3.63) is 36.0 Å². The van der Waals surface area contributed by atoms with Crippen LogP contribution in [0.25, 0.3) is 0 Å². The number of hydrogen-bond acceptors (Lipinski definition) is 1. The number of halogens is 1. The smallest absolute Gasteiger partial charge is 0.192 e. The largest absolute Gasteiger partial charge is 0.410 e. The second-order valence-electron chi connectivity index (χ2n) is 6.81. The Hall–Kier alpha value is -0.123. The summed E-state index contributed by atoms with van der Waals surface area (Å²) in [5.41, 5.74) is 3.92. The standard InChI is InChI=1S/C20H37BrOSi/c1-8-23(9-2,10-3)22-20(15-19(7)16-21)14-18(6)13-11-12-17(4)5/h14,20H,4,7-13,15-16H2,1-3,5-6H3/b18-14-/t20-/m1/s1. The van der Waals surface area contributed by atoms with Crippen molar-refractivity contribution >= 4 is 24.2 Å². The molecule has 134 valence electrons. The Bertz CT molecular complexity index is 388. The number of alkyl halides is 1. The topological polar surface area (TPSA) is 9.23 Å². The molecule has 0 heterocycles. The number of hydrogen-bond donors (Lipinski definition) is 0. The van der Waals surface area contributed by atoms with E-state index in [-0.39, 0.29) is 6.10 Å². The maximum Gasteiger partial charge on any atom is 0.192 e. The van der Waals surface area contributed by atoms with Crippen molar-refractivity contribution in [3.8, 4) is 0 Å². The molecule has 1 atom stereocenters. The lowest BCUT2D eigenvalue weighted by Gasteiger charge is -2.32. The van der Waals surface area contributed by atoms with Gasteiger partial charge in [0.2, 0.25) is 0 Å². The van der Waals surface area contributed by atoms with E-state index in [0.29, 0.717) is 0 Å². The Balaban J connectivity index is 4.98. The molecule has 0 aliphatic carbocycles. The SMILES string of the molecule is C=C(C)CCC/C(C)=C\[C@H](CC(=C)CBr)O[Si](CC)(CC)CC. The second-order valence-corrected chi connectivity index (χ2v) is 12.1. The van der Waals surface area contributed by atoms with Gasteiger partial charge >= 0.3 is 0 Å². The molecule has 0 radical (unpaired) electrons. The zero-order chi connectivity index (χ0) is 17.9. The zero-order valence-corrected chi connectivity index (χ0v) is 18.6. The van der Waals surface area contributed by atoms with Crippen molar-refractivity contribution in [2.75, 3.05) is 5.33 Å². The lowest BCUT2D eigenvalue weighted by atomic mass is 10.0. The minimum Gasteiger partial charge on any atom is -0.410 e. The summed E-state index contributed by atoms with van der Waals surface area (Å²) >= 11 is 3.52. The first-order valence-corrected chi connectivity index (χ1v) is 12.7. The average molecular weight is 402 g/mol. The molecule has 0 aliphatic rings. The predicted molar refractivity (Wildman–Crippen MR) is 112 cm³/mol. The molecular formula is C20H37BrOSi. The van der Waals surface area contributed by atoms with Crippen molar-refractivity contribution in [3.63, 3.8) is 0 Å². The van der Waals surface area contributed by atoms with Crippen LogP contribution in [0.3, 0.4) is 0 Å². The second kappa shape index (κ2) is 12.3. The highest BCUT2D eigenvalue weighted by atomic mass is 79.9. The lowest BCUT2D eigenvalue weighted by molar-refractivity contribution is 0.232. The first-order chi connectivity index (χ1) is 10.8. The fraction of sp³-hybridized carbons (Fsp3) is 0.700. The van der Waals surface area contributed by atoms with E-state index < -0.39 is 8.32 Å². The monoisotopic (exact) mass is 400 g/mol. The quantitative estimate of drug-likeness (QED) is 0.177. The van der Waals surface area contributed by atoms with Crippen LogP contribution < -0.4 is 0 Å². The Morgan fingerprint density at radius 3 is 2.09 bits per heavy atom. The van der Waals surface area contributed by atoms with Gasteiger partial charge in [-0.05, 0) is 57.7 Å². The molecule has 0 fully saturated rings. The van der Waals surface area contributed by atoms with Gasteiger partial charge in [0.25, 0.3) is 0 Å². The normalized spacial score (nSPS) is 13.9. The summed E-state index contributed by atoms with van der Waals surface area (Å²) in [4.78, 5) is 0. The van der Waals surface area contributed by atoms with Crippen molar-refractivity contribution in [1.82, 2.24) is 0 Å². The molecule has 0 aromatic heterocycles. The van der Waals surface area contributed by atoms with Crippen molar-refractivity contribution < 1.29 is 4.43 Å². The first-order valence-electron chi connectivity index (χ1n) is 9.04. The highest BCUT2D eigenvalue weighted by Gasteiger charge is 2.31. The molecule has 0 amide bonds. The van der Waals surface area contributed by atoms with Gasteiger partial charge in [-0.2, -0.15) is 0 Å². The van der Waals surface area contributed by atoms with Crippen LogP contribution in [0.1, 0.15) is 60.3 Å². The van der Waals surface area contributed by atoms with Crippen LogP contribution in [0.2, 0.25) is 18.1 Å². The summed E-state index contributed by atoms with van der Waals surface area (Å²) < 4.78 is 6.72. The third-order valence-corrected chi connectivity index (χ3v) is 10.1. The van der Waals surface area contributed by atoms with Gasteiger partial charge in [0.05, 0.1) is 6.10 Å². The molecule has 1 nitrogen and oxygen atoms in total. The van der Waals surface area contributed by atoms with Gasteiger partial charge in [-0.25, -0.2) is 0 Å². The molecule has 0 rings (SSSR count). The third kappa shape index (κ3) is 9.68. The Morgan fingerprint density at radius 2 is 1.65 bits per heavy atom. The fourth-order valence-electron chi connectivity index (χ4n) is 2.86. The van der Waals surface area contributed by atoms with Gasteiger partial charge in [-0.3, -0.25) is 0 Å². The minimum atomic E-state index is -1.59. The molecule has 23 heavy (non-hydrogen) atoms. The highest BCUT2D eigenvalue weighted by molar-refractivity contribution is 9.09. The average Bonchev–Trinajstić information content (AvgIpc) is 2.52. The zero-order valence-electron chi connectivity index (χ0n) is 16.0. The molecule has 0 spiro atoms. The number of rotatable bonds is 13. The van der Waals surface area contributed by atoms with Gasteiger partial charge in [0, 0.05) is 5.33 Å². The van der Waals surface area contributed by atoms with Crippen LogP contribution in [0.5, 0.6) is 0 Å². The highest BCUT2D eigenvalue weighted by Crippen LogP contribution is 2.27. The van der Waals surface area contributed by atoms with Crippen molar-refractivity contribution in [2.24, 2.45) is 0 Å². The van der Waals surface area contributed by atoms with Gasteiger partial charge < -0.3 is 4.43 Å². The Morgan fingerprint density at radius 1 is 1.09 bits per heavy atom. The van der Waals surface area contributed by atoms with Gasteiger partial charge in [0.15, 0.2) is 8.32 Å². The molecule has 0 saturated heterocycles. The molecule has 0 N–H and O–H groups in total. The summed E-state index contributed by atoms with van der Waals surface area (Å²) in [5, 5.41) is 0.855. The Labute approximate surface area is 154 Å². The fourth-order valence-corrected chi connectivity index (χ4v) is 5.89. The van der Waals surface area contributed by atoms with E-state index in [2.05, 4.69) is 69.8 Å². The summed E-state index contributed by atoms with van der Waals surface area (Å²) in [6.45, 7) is 19.4. The summed E-state index contributed by atoms with van der Waals surface area (Å²) in [7, 11) is -1.59. The van der Waals surface area contributed by atoms with Gasteiger partial charge in [-0.15, -0.1) is 6.58 Å². The van der Waals surface area contributed by atoms with E-state index in [4.69, 9.17) is 4.43 Å². The van der Waals surface area contributed by atoms with Crippen LogP contribution in [-0.2, 0) is 4.43 Å². The van der Waals surface area contributed by atoms with E-state index in [0.717, 1.165) is 24.6 Å². The molecular weight excluding hydrogens is 364 g/mol. The van der Waals surface area contributed by atoms with Crippen molar-refractivity contribution in [1.29, 1.82) is 0 Å². The molecule has 0 aromatic carbocycles. The molecule has 0 aliphatic heterocycles. The molecule has 0 aromatic rings. The summed E-state index contributed by atoms with van der Waals surface area (Å²) in [5.74, 6) is 0. The Kier molecular flexibility index (Phi) is 12.2. The molecule has 3 heteroatoms. The predicted octanol–water partition coefficient (Wildman–Crippen LogP) is 7.41. The lowest BCUT2D eigenvalue weighted by Crippen LogP contribution is -2.39. The van der Waals surface area contributed by atoms with Crippen LogP contribution >= 0.6 is 15.9 Å². The molecule has 0 saturated carbocycles. The van der Waals surface area contributed by atoms with Gasteiger partial charge in [-0.1, -0.05) is 66.1 Å². The van der Waals surface area contributed by atoms with Crippen molar-refractivity contribution in [2.45, 2.75) is 84.5 Å². The summed E-state index contributed by atoms with van der Waals surface area (Å²) in [6.07, 6.45) is 6.90. The van der Waals surface area contributed by atoms with Crippen LogP contribution in [0.4, 0.5) is 0 Å². The van der Waals surface area contributed by atoms with Crippen LogP contribution in [0.15, 0.2) is 36.0 Å². The molecule has 0 unspecified atom stereocenters. The maximum absolute atomic E-state index is 6.72. The minimum absolute atomic E-state index is 0.191. The van der Waals surface area contributed by atoms with E-state index >= 15 is 0 Å².